The first-order chi connectivity index (χ1) is 9.49. The van der Waals surface area contributed by atoms with Gasteiger partial charge in [0.1, 0.15) is 11.8 Å². The quantitative estimate of drug-likeness (QED) is 0.675. The van der Waals surface area contributed by atoms with Gasteiger partial charge >= 0.3 is 0 Å². The fourth-order valence-electron chi connectivity index (χ4n) is 1.60. The zero-order valence-electron chi connectivity index (χ0n) is 12.0. The summed E-state index contributed by atoms with van der Waals surface area (Å²) < 4.78 is 5.44. The Kier molecular flexibility index (Phi) is 5.83. The van der Waals surface area contributed by atoms with Crippen LogP contribution < -0.4 is 21.1 Å². The van der Waals surface area contributed by atoms with E-state index in [-0.39, 0.29) is 11.8 Å². The molecule has 0 aliphatic carbocycles. The third kappa shape index (κ3) is 4.15. The summed E-state index contributed by atoms with van der Waals surface area (Å²) in [6.45, 7) is 4.18. The van der Waals surface area contributed by atoms with Crippen LogP contribution in [0.5, 0.6) is 5.75 Å². The van der Waals surface area contributed by atoms with Gasteiger partial charge in [0, 0.05) is 12.6 Å². The lowest BCUT2D eigenvalue weighted by Crippen LogP contribution is -2.43. The molecule has 1 unspecified atom stereocenters. The number of nitrogens with two attached hydrogens (primary N) is 1. The van der Waals surface area contributed by atoms with E-state index in [1.54, 1.807) is 19.1 Å². The molecule has 0 heterocycles. The Labute approximate surface area is 118 Å². The lowest BCUT2D eigenvalue weighted by Gasteiger charge is -2.13. The molecule has 6 heteroatoms. The highest BCUT2D eigenvalue weighted by molar-refractivity contribution is 5.98. The highest BCUT2D eigenvalue weighted by Gasteiger charge is 2.16. The van der Waals surface area contributed by atoms with Crippen LogP contribution in [0, 0.1) is 0 Å². The maximum Gasteiger partial charge on any atom is 0.251 e. The van der Waals surface area contributed by atoms with Gasteiger partial charge in [-0.15, -0.1) is 0 Å². The van der Waals surface area contributed by atoms with Gasteiger partial charge in [0.2, 0.25) is 5.91 Å². The molecule has 0 saturated carbocycles. The van der Waals surface area contributed by atoms with Crippen molar-refractivity contribution in [2.24, 2.45) is 0 Å². The van der Waals surface area contributed by atoms with Crippen molar-refractivity contribution in [3.8, 4) is 5.75 Å². The van der Waals surface area contributed by atoms with Gasteiger partial charge < -0.3 is 21.1 Å². The van der Waals surface area contributed by atoms with Crippen LogP contribution >= 0.6 is 0 Å². The maximum atomic E-state index is 12.0. The Morgan fingerprint density at radius 3 is 2.65 bits per heavy atom. The van der Waals surface area contributed by atoms with Crippen LogP contribution in [0.2, 0.25) is 0 Å². The maximum absolute atomic E-state index is 12.0. The van der Waals surface area contributed by atoms with Crippen LogP contribution in [0.4, 0.5) is 5.69 Å². The van der Waals surface area contributed by atoms with Crippen LogP contribution in [0.25, 0.3) is 0 Å². The van der Waals surface area contributed by atoms with Crippen LogP contribution in [-0.4, -0.2) is 31.5 Å². The molecule has 2 amide bonds. The number of amides is 2. The molecule has 6 nitrogen and oxygen atoms in total. The summed E-state index contributed by atoms with van der Waals surface area (Å²) in [6, 6.07) is 4.21. The Balaban J connectivity index is 2.74. The van der Waals surface area contributed by atoms with Crippen molar-refractivity contribution in [3.05, 3.63) is 23.8 Å². The number of nitrogens with one attached hydrogen (secondary N) is 2. The van der Waals surface area contributed by atoms with Crippen molar-refractivity contribution in [1.29, 1.82) is 0 Å². The largest absolute Gasteiger partial charge is 0.491 e. The molecular weight excluding hydrogens is 258 g/mol. The number of carbonyl (C=O) groups excluding carboxylic acids is 2. The second kappa shape index (κ2) is 7.37. The summed E-state index contributed by atoms with van der Waals surface area (Å²) in [7, 11) is 1.52. The van der Waals surface area contributed by atoms with E-state index < -0.39 is 6.04 Å². The topological polar surface area (TPSA) is 93.4 Å². The molecule has 0 radical (unpaired) electrons. The van der Waals surface area contributed by atoms with Crippen LogP contribution in [0.3, 0.4) is 0 Å². The minimum atomic E-state index is -0.607. The first-order valence-electron chi connectivity index (χ1n) is 6.54. The number of rotatable bonds is 6. The van der Waals surface area contributed by atoms with Gasteiger partial charge in [0.15, 0.2) is 0 Å². The molecule has 1 rings (SSSR count). The van der Waals surface area contributed by atoms with E-state index in [1.165, 1.54) is 13.1 Å². The molecule has 0 aliphatic heterocycles. The van der Waals surface area contributed by atoms with Crippen LogP contribution in [0.15, 0.2) is 18.2 Å². The molecular formula is C14H21N3O3. The van der Waals surface area contributed by atoms with Crippen molar-refractivity contribution in [3.63, 3.8) is 0 Å². The first kappa shape index (κ1) is 15.8. The van der Waals surface area contributed by atoms with E-state index in [9.17, 15) is 9.59 Å². The Morgan fingerprint density at radius 1 is 1.40 bits per heavy atom. The van der Waals surface area contributed by atoms with Gasteiger partial charge in [-0.1, -0.05) is 6.92 Å². The van der Waals surface area contributed by atoms with Crippen molar-refractivity contribution in [2.45, 2.75) is 26.3 Å². The van der Waals surface area contributed by atoms with E-state index >= 15 is 0 Å². The predicted molar refractivity (Wildman–Crippen MR) is 77.6 cm³/mol. The lowest BCUT2D eigenvalue weighted by atomic mass is 10.1. The number of carbonyl (C=O) groups is 2. The normalized spacial score (nSPS) is 11.6. The zero-order valence-corrected chi connectivity index (χ0v) is 12.0. The number of hydrogen-bond acceptors (Lipinski definition) is 4. The number of likely N-dealkylation sites (N-methyl/N-ethyl adjacent to an activating group) is 1. The van der Waals surface area contributed by atoms with Gasteiger partial charge in [0.25, 0.3) is 5.91 Å². The summed E-state index contributed by atoms with van der Waals surface area (Å²) in [5.74, 6) is -0.0492. The van der Waals surface area contributed by atoms with Gasteiger partial charge in [-0.05, 0) is 31.5 Å². The van der Waals surface area contributed by atoms with Crippen LogP contribution in [0.1, 0.15) is 30.6 Å². The molecule has 1 aromatic carbocycles. The number of anilines is 1. The smallest absolute Gasteiger partial charge is 0.251 e. The second-order valence-corrected chi connectivity index (χ2v) is 4.41. The molecule has 20 heavy (non-hydrogen) atoms. The summed E-state index contributed by atoms with van der Waals surface area (Å²) in [5, 5.41) is 5.06. The Morgan fingerprint density at radius 2 is 2.10 bits per heavy atom. The molecule has 0 bridgehead atoms. The summed E-state index contributed by atoms with van der Waals surface area (Å²) in [5.41, 5.74) is 6.62. The SMILES string of the molecule is CCCOc1ccc(C(=O)NC(C)C(=O)NC)cc1N. The molecule has 4 N–H and O–H groups in total. The van der Waals surface area contributed by atoms with Crippen molar-refractivity contribution in [2.75, 3.05) is 19.4 Å². The van der Waals surface area contributed by atoms with E-state index in [0.29, 0.717) is 23.6 Å². The summed E-state index contributed by atoms with van der Waals surface area (Å²) in [6.07, 6.45) is 0.880. The fraction of sp³-hybridized carbons (Fsp3) is 0.429. The van der Waals surface area contributed by atoms with Gasteiger partial charge in [-0.25, -0.2) is 0 Å². The average molecular weight is 279 g/mol. The molecule has 0 spiro atoms. The van der Waals surface area contributed by atoms with Gasteiger partial charge in [-0.3, -0.25) is 9.59 Å². The molecule has 0 saturated heterocycles. The molecule has 0 aromatic heterocycles. The fourth-order valence-corrected chi connectivity index (χ4v) is 1.60. The molecule has 1 atom stereocenters. The van der Waals surface area contributed by atoms with Gasteiger partial charge in [0.05, 0.1) is 12.3 Å². The number of hydrogen-bond donors (Lipinski definition) is 3. The molecule has 0 aliphatic rings. The molecule has 110 valence electrons. The highest BCUT2D eigenvalue weighted by atomic mass is 16.5. The van der Waals surface area contributed by atoms with E-state index in [2.05, 4.69) is 10.6 Å². The van der Waals surface area contributed by atoms with Gasteiger partial charge in [-0.2, -0.15) is 0 Å². The van der Waals surface area contributed by atoms with E-state index in [1.807, 2.05) is 6.92 Å². The summed E-state index contributed by atoms with van der Waals surface area (Å²) >= 11 is 0. The monoisotopic (exact) mass is 279 g/mol. The van der Waals surface area contributed by atoms with E-state index in [4.69, 9.17) is 10.5 Å². The Bertz CT molecular complexity index is 489. The standard InChI is InChI=1S/C14H21N3O3/c1-4-7-20-12-6-5-10(8-11(12)15)14(19)17-9(2)13(18)16-3/h5-6,8-9H,4,7,15H2,1-3H3,(H,16,18)(H,17,19). The van der Waals surface area contributed by atoms with Crippen molar-refractivity contribution in [1.82, 2.24) is 10.6 Å². The third-order valence-electron chi connectivity index (χ3n) is 2.72. The number of benzene rings is 1. The number of ether oxygens (including phenoxy) is 1. The van der Waals surface area contributed by atoms with Crippen molar-refractivity contribution >= 4 is 17.5 Å². The number of nitrogen functional groups attached to an aromatic ring is 1. The zero-order chi connectivity index (χ0) is 15.1. The predicted octanol–water partition coefficient (Wildman–Crippen LogP) is 0.922. The summed E-state index contributed by atoms with van der Waals surface area (Å²) in [4.78, 5) is 23.3. The molecule has 0 fully saturated rings. The van der Waals surface area contributed by atoms with Crippen molar-refractivity contribution < 1.29 is 14.3 Å². The molecule has 1 aromatic rings. The minimum absolute atomic E-state index is 0.255. The first-order valence-corrected chi connectivity index (χ1v) is 6.54. The Hall–Kier alpha value is -2.24. The van der Waals surface area contributed by atoms with Crippen LogP contribution in [-0.2, 0) is 4.79 Å². The lowest BCUT2D eigenvalue weighted by molar-refractivity contribution is -0.122. The average Bonchev–Trinajstić information content (AvgIpc) is 2.44. The second-order valence-electron chi connectivity index (χ2n) is 4.41. The minimum Gasteiger partial charge on any atom is -0.491 e. The highest BCUT2D eigenvalue weighted by Crippen LogP contribution is 2.22. The van der Waals surface area contributed by atoms with E-state index in [0.717, 1.165) is 6.42 Å². The third-order valence-corrected chi connectivity index (χ3v) is 2.72.